The van der Waals surface area contributed by atoms with Crippen molar-refractivity contribution in [2.24, 2.45) is 0 Å². The number of rotatable bonds is 2. The zero-order chi connectivity index (χ0) is 9.80. The Kier molecular flexibility index (Phi) is 3.14. The van der Waals surface area contributed by atoms with Gasteiger partial charge in [-0.25, -0.2) is 0 Å². The summed E-state index contributed by atoms with van der Waals surface area (Å²) in [5.41, 5.74) is 6.48. The Morgan fingerprint density at radius 3 is 2.64 bits per heavy atom. The van der Waals surface area contributed by atoms with Gasteiger partial charge in [-0.2, -0.15) is 0 Å². The Balaban J connectivity index is 1.99. The van der Waals surface area contributed by atoms with Gasteiger partial charge in [-0.3, -0.25) is 0 Å². The van der Waals surface area contributed by atoms with E-state index in [0.29, 0.717) is 5.25 Å². The zero-order valence-corrected chi connectivity index (χ0v) is 8.96. The third-order valence-corrected chi connectivity index (χ3v) is 3.62. The van der Waals surface area contributed by atoms with Gasteiger partial charge < -0.3 is 5.73 Å². The third kappa shape index (κ3) is 2.55. The fourth-order valence-electron chi connectivity index (χ4n) is 1.60. The minimum Gasteiger partial charge on any atom is -0.399 e. The number of benzene rings is 1. The second-order valence-corrected chi connectivity index (χ2v) is 4.90. The summed E-state index contributed by atoms with van der Waals surface area (Å²) >= 11 is 1.93. The molecule has 1 aliphatic carbocycles. The topological polar surface area (TPSA) is 26.0 Å². The molecule has 1 aromatic rings. The van der Waals surface area contributed by atoms with E-state index in [1.54, 1.807) is 0 Å². The Bertz CT molecular complexity index is 316. The fourth-order valence-corrected chi connectivity index (χ4v) is 2.72. The molecule has 0 saturated carbocycles. The lowest BCUT2D eigenvalue weighted by molar-refractivity contribution is 0.741. The smallest absolute Gasteiger partial charge is 0.0314 e. The van der Waals surface area contributed by atoms with E-state index in [1.807, 2.05) is 23.9 Å². The van der Waals surface area contributed by atoms with Crippen molar-refractivity contribution in [1.29, 1.82) is 0 Å². The quantitative estimate of drug-likeness (QED) is 0.591. The first-order chi connectivity index (χ1) is 6.84. The van der Waals surface area contributed by atoms with E-state index in [0.717, 1.165) is 5.69 Å². The summed E-state index contributed by atoms with van der Waals surface area (Å²) < 4.78 is 0. The molecule has 0 fully saturated rings. The summed E-state index contributed by atoms with van der Waals surface area (Å²) in [6.07, 6.45) is 8.48. The molecular formula is C12H15NS. The van der Waals surface area contributed by atoms with Gasteiger partial charge in [0.2, 0.25) is 0 Å². The van der Waals surface area contributed by atoms with Crippen molar-refractivity contribution in [3.05, 3.63) is 36.4 Å². The van der Waals surface area contributed by atoms with Crippen molar-refractivity contribution in [1.82, 2.24) is 0 Å². The molecule has 0 aliphatic heterocycles. The number of nitrogen functional groups attached to an aromatic ring is 1. The summed E-state index contributed by atoms with van der Waals surface area (Å²) in [6, 6.07) is 8.13. The molecule has 2 heteroatoms. The molecule has 1 unspecified atom stereocenters. The summed E-state index contributed by atoms with van der Waals surface area (Å²) in [5, 5.41) is 0.660. The molecule has 0 radical (unpaired) electrons. The van der Waals surface area contributed by atoms with Gasteiger partial charge in [0.25, 0.3) is 0 Å². The zero-order valence-electron chi connectivity index (χ0n) is 8.15. The van der Waals surface area contributed by atoms with Crippen molar-refractivity contribution >= 4 is 17.4 Å². The molecule has 0 saturated heterocycles. The van der Waals surface area contributed by atoms with Crippen LogP contribution in [0, 0.1) is 0 Å². The van der Waals surface area contributed by atoms with Crippen LogP contribution in [-0.4, -0.2) is 5.25 Å². The fraction of sp³-hybridized carbons (Fsp3) is 0.333. The van der Waals surface area contributed by atoms with Crippen LogP contribution >= 0.6 is 11.8 Å². The molecule has 2 N–H and O–H groups in total. The van der Waals surface area contributed by atoms with Crippen LogP contribution in [0.25, 0.3) is 0 Å². The van der Waals surface area contributed by atoms with Gasteiger partial charge in [-0.05, 0) is 43.5 Å². The van der Waals surface area contributed by atoms with Gasteiger partial charge in [0, 0.05) is 15.8 Å². The number of allylic oxidation sites excluding steroid dienone is 1. The van der Waals surface area contributed by atoms with Gasteiger partial charge in [0.15, 0.2) is 0 Å². The summed E-state index contributed by atoms with van der Waals surface area (Å²) in [5.74, 6) is 0. The predicted molar refractivity (Wildman–Crippen MR) is 63.5 cm³/mol. The number of thioether (sulfide) groups is 1. The number of hydrogen-bond donors (Lipinski definition) is 1. The van der Waals surface area contributed by atoms with E-state index in [2.05, 4.69) is 24.3 Å². The average Bonchev–Trinajstić information content (AvgIpc) is 2.23. The SMILES string of the molecule is Nc1ccc(SC2C=CCCC2)cc1. The lowest BCUT2D eigenvalue weighted by atomic mass is 10.1. The minimum absolute atomic E-state index is 0.660. The van der Waals surface area contributed by atoms with E-state index in [9.17, 15) is 0 Å². The molecule has 74 valence electrons. The lowest BCUT2D eigenvalue weighted by Gasteiger charge is -2.15. The molecule has 14 heavy (non-hydrogen) atoms. The maximum absolute atomic E-state index is 5.64. The minimum atomic E-state index is 0.660. The molecule has 0 aromatic heterocycles. The Hall–Kier alpha value is -0.890. The van der Waals surface area contributed by atoms with Gasteiger partial charge in [-0.1, -0.05) is 12.2 Å². The molecule has 1 nitrogen and oxygen atoms in total. The first-order valence-corrected chi connectivity index (χ1v) is 5.91. The maximum atomic E-state index is 5.64. The van der Waals surface area contributed by atoms with Crippen molar-refractivity contribution in [2.45, 2.75) is 29.4 Å². The van der Waals surface area contributed by atoms with Crippen molar-refractivity contribution in [2.75, 3.05) is 5.73 Å². The summed E-state index contributed by atoms with van der Waals surface area (Å²) in [7, 11) is 0. The highest BCUT2D eigenvalue weighted by atomic mass is 32.2. The van der Waals surface area contributed by atoms with E-state index >= 15 is 0 Å². The normalized spacial score (nSPS) is 21.0. The second kappa shape index (κ2) is 4.56. The Morgan fingerprint density at radius 1 is 1.21 bits per heavy atom. The highest BCUT2D eigenvalue weighted by Gasteiger charge is 2.09. The van der Waals surface area contributed by atoms with Crippen LogP contribution in [0.5, 0.6) is 0 Å². The van der Waals surface area contributed by atoms with E-state index in [4.69, 9.17) is 5.73 Å². The van der Waals surface area contributed by atoms with E-state index < -0.39 is 0 Å². The highest BCUT2D eigenvalue weighted by Crippen LogP contribution is 2.30. The lowest BCUT2D eigenvalue weighted by Crippen LogP contribution is -2.01. The molecule has 0 bridgehead atoms. The van der Waals surface area contributed by atoms with Crippen LogP contribution < -0.4 is 5.73 Å². The maximum Gasteiger partial charge on any atom is 0.0314 e. The molecule has 0 spiro atoms. The van der Waals surface area contributed by atoms with Crippen LogP contribution in [0.15, 0.2) is 41.3 Å². The van der Waals surface area contributed by atoms with Crippen molar-refractivity contribution < 1.29 is 0 Å². The molecule has 1 atom stereocenters. The molecule has 0 amide bonds. The van der Waals surface area contributed by atoms with Crippen molar-refractivity contribution in [3.8, 4) is 0 Å². The first-order valence-electron chi connectivity index (χ1n) is 5.03. The standard InChI is InChI=1S/C12H15NS/c13-10-6-8-12(9-7-10)14-11-4-2-1-3-5-11/h2,4,6-9,11H,1,3,5,13H2. The number of nitrogens with two attached hydrogens (primary N) is 1. The molecular weight excluding hydrogens is 190 g/mol. The van der Waals surface area contributed by atoms with Crippen LogP contribution in [-0.2, 0) is 0 Å². The van der Waals surface area contributed by atoms with Gasteiger partial charge >= 0.3 is 0 Å². The Labute approximate surface area is 89.4 Å². The third-order valence-electron chi connectivity index (χ3n) is 2.38. The van der Waals surface area contributed by atoms with Gasteiger partial charge in [0.05, 0.1) is 0 Å². The van der Waals surface area contributed by atoms with Crippen LogP contribution in [0.4, 0.5) is 5.69 Å². The molecule has 2 rings (SSSR count). The van der Waals surface area contributed by atoms with Crippen LogP contribution in [0.2, 0.25) is 0 Å². The van der Waals surface area contributed by atoms with Crippen molar-refractivity contribution in [3.63, 3.8) is 0 Å². The largest absolute Gasteiger partial charge is 0.399 e. The van der Waals surface area contributed by atoms with Crippen LogP contribution in [0.3, 0.4) is 0 Å². The predicted octanol–water partition coefficient (Wildman–Crippen LogP) is 3.47. The highest BCUT2D eigenvalue weighted by molar-refractivity contribution is 8.00. The van der Waals surface area contributed by atoms with Gasteiger partial charge in [-0.15, -0.1) is 11.8 Å². The van der Waals surface area contributed by atoms with E-state index in [1.165, 1.54) is 24.2 Å². The average molecular weight is 205 g/mol. The first kappa shape index (κ1) is 9.66. The Morgan fingerprint density at radius 2 is 2.00 bits per heavy atom. The number of anilines is 1. The molecule has 1 aliphatic rings. The number of hydrogen-bond acceptors (Lipinski definition) is 2. The second-order valence-electron chi connectivity index (χ2n) is 3.58. The summed E-state index contributed by atoms with van der Waals surface area (Å²) in [4.78, 5) is 1.32. The van der Waals surface area contributed by atoms with Crippen LogP contribution in [0.1, 0.15) is 19.3 Å². The summed E-state index contributed by atoms with van der Waals surface area (Å²) in [6.45, 7) is 0. The molecule has 0 heterocycles. The monoisotopic (exact) mass is 205 g/mol. The molecule has 1 aromatic carbocycles. The van der Waals surface area contributed by atoms with E-state index in [-0.39, 0.29) is 0 Å². The van der Waals surface area contributed by atoms with Gasteiger partial charge in [0.1, 0.15) is 0 Å².